The fourth-order valence-electron chi connectivity index (χ4n) is 1.76. The summed E-state index contributed by atoms with van der Waals surface area (Å²) < 4.78 is 27.1. The average Bonchev–Trinajstić information content (AvgIpc) is 2.52. The number of amides is 1. The molecule has 0 aliphatic heterocycles. The van der Waals surface area contributed by atoms with Crippen molar-refractivity contribution in [1.29, 1.82) is 0 Å². The third-order valence-electron chi connectivity index (χ3n) is 2.86. The van der Waals surface area contributed by atoms with Gasteiger partial charge in [-0.05, 0) is 42.5 Å². The summed E-state index contributed by atoms with van der Waals surface area (Å²) in [6, 6.07) is 11.4. The molecular formula is C15H13ClN2O5S. The van der Waals surface area contributed by atoms with E-state index in [1.165, 1.54) is 24.3 Å². The monoisotopic (exact) mass is 368 g/mol. The molecule has 7 nitrogen and oxygen atoms in total. The molecule has 0 radical (unpaired) electrons. The standard InChI is InChI=1S/C15H13ClN2O5S/c16-11-2-1-3-12(8-11)18-14(19)9-23-15(20)10-4-6-13(7-5-10)24(17,21)22/h1-8H,9H2,(H,18,19)(H2,17,21,22). The van der Waals surface area contributed by atoms with E-state index in [2.05, 4.69) is 5.32 Å². The van der Waals surface area contributed by atoms with Crippen molar-refractivity contribution in [2.45, 2.75) is 4.90 Å². The van der Waals surface area contributed by atoms with Crippen LogP contribution in [0.15, 0.2) is 53.4 Å². The van der Waals surface area contributed by atoms with Crippen LogP contribution in [0.1, 0.15) is 10.4 Å². The van der Waals surface area contributed by atoms with Crippen LogP contribution in [-0.4, -0.2) is 26.9 Å². The van der Waals surface area contributed by atoms with E-state index in [1.54, 1.807) is 24.3 Å². The molecule has 24 heavy (non-hydrogen) atoms. The minimum Gasteiger partial charge on any atom is -0.452 e. The Labute approximate surface area is 143 Å². The lowest BCUT2D eigenvalue weighted by Gasteiger charge is -2.07. The van der Waals surface area contributed by atoms with E-state index in [9.17, 15) is 18.0 Å². The van der Waals surface area contributed by atoms with Crippen LogP contribution in [0.4, 0.5) is 5.69 Å². The minimum absolute atomic E-state index is 0.0953. The fraction of sp³-hybridized carbons (Fsp3) is 0.0667. The van der Waals surface area contributed by atoms with Crippen LogP contribution in [0.25, 0.3) is 0 Å². The predicted molar refractivity (Wildman–Crippen MR) is 88.2 cm³/mol. The van der Waals surface area contributed by atoms with Gasteiger partial charge in [-0.2, -0.15) is 0 Å². The molecule has 1 amide bonds. The third-order valence-corrected chi connectivity index (χ3v) is 4.03. The molecule has 0 fully saturated rings. The maximum Gasteiger partial charge on any atom is 0.338 e. The molecule has 0 aliphatic rings. The van der Waals surface area contributed by atoms with Crippen molar-refractivity contribution < 1.29 is 22.7 Å². The van der Waals surface area contributed by atoms with Crippen molar-refractivity contribution in [3.05, 3.63) is 59.1 Å². The maximum atomic E-state index is 11.8. The van der Waals surface area contributed by atoms with E-state index in [1.807, 2.05) is 0 Å². The Hall–Kier alpha value is -2.42. The fourth-order valence-corrected chi connectivity index (χ4v) is 2.46. The van der Waals surface area contributed by atoms with Crippen LogP contribution in [0.5, 0.6) is 0 Å². The van der Waals surface area contributed by atoms with Gasteiger partial charge in [-0.3, -0.25) is 4.79 Å². The first-order valence-electron chi connectivity index (χ1n) is 6.61. The van der Waals surface area contributed by atoms with Crippen LogP contribution in [0.2, 0.25) is 5.02 Å². The summed E-state index contributed by atoms with van der Waals surface area (Å²) in [5.74, 6) is -1.30. The second-order valence-corrected chi connectivity index (χ2v) is 6.70. The molecule has 0 saturated carbocycles. The lowest BCUT2D eigenvalue weighted by atomic mass is 10.2. The second kappa shape index (κ2) is 7.43. The Morgan fingerprint density at radius 2 is 1.79 bits per heavy atom. The number of nitrogens with one attached hydrogen (secondary N) is 1. The molecule has 0 atom stereocenters. The first-order chi connectivity index (χ1) is 11.3. The summed E-state index contributed by atoms with van der Waals surface area (Å²) in [5.41, 5.74) is 0.569. The van der Waals surface area contributed by atoms with Gasteiger partial charge in [0.1, 0.15) is 0 Å². The highest BCUT2D eigenvalue weighted by molar-refractivity contribution is 7.89. The predicted octanol–water partition coefficient (Wildman–Crippen LogP) is 1.78. The smallest absolute Gasteiger partial charge is 0.338 e. The van der Waals surface area contributed by atoms with Crippen molar-refractivity contribution in [2.24, 2.45) is 5.14 Å². The zero-order chi connectivity index (χ0) is 17.7. The van der Waals surface area contributed by atoms with E-state index in [-0.39, 0.29) is 10.5 Å². The van der Waals surface area contributed by atoms with Gasteiger partial charge >= 0.3 is 5.97 Å². The molecule has 0 heterocycles. The molecule has 2 rings (SSSR count). The van der Waals surface area contributed by atoms with Crippen LogP contribution in [-0.2, 0) is 19.6 Å². The number of rotatable bonds is 5. The number of halogens is 1. The summed E-state index contributed by atoms with van der Waals surface area (Å²) >= 11 is 5.79. The molecule has 0 spiro atoms. The SMILES string of the molecule is NS(=O)(=O)c1ccc(C(=O)OCC(=O)Nc2cccc(Cl)c2)cc1. The Morgan fingerprint density at radius 3 is 2.38 bits per heavy atom. The summed E-state index contributed by atoms with van der Waals surface area (Å²) in [5, 5.41) is 7.94. The van der Waals surface area contributed by atoms with E-state index < -0.39 is 28.5 Å². The molecule has 0 unspecified atom stereocenters. The van der Waals surface area contributed by atoms with Gasteiger partial charge in [0.2, 0.25) is 10.0 Å². The number of carbonyl (C=O) groups excluding carboxylic acids is 2. The highest BCUT2D eigenvalue weighted by Gasteiger charge is 2.13. The van der Waals surface area contributed by atoms with Crippen LogP contribution < -0.4 is 10.5 Å². The van der Waals surface area contributed by atoms with Gasteiger partial charge in [0.15, 0.2) is 6.61 Å². The normalized spacial score (nSPS) is 10.9. The lowest BCUT2D eigenvalue weighted by Crippen LogP contribution is -2.21. The zero-order valence-corrected chi connectivity index (χ0v) is 13.8. The molecule has 2 aromatic carbocycles. The van der Waals surface area contributed by atoms with Crippen molar-refractivity contribution >= 4 is 39.2 Å². The van der Waals surface area contributed by atoms with Gasteiger partial charge < -0.3 is 10.1 Å². The lowest BCUT2D eigenvalue weighted by molar-refractivity contribution is -0.119. The number of hydrogen-bond donors (Lipinski definition) is 2. The Balaban J connectivity index is 1.92. The number of carbonyl (C=O) groups is 2. The number of sulfonamides is 1. The quantitative estimate of drug-likeness (QED) is 0.780. The van der Waals surface area contributed by atoms with Crippen LogP contribution >= 0.6 is 11.6 Å². The Kier molecular flexibility index (Phi) is 5.55. The van der Waals surface area contributed by atoms with E-state index in [4.69, 9.17) is 21.5 Å². The molecule has 0 saturated heterocycles. The number of nitrogens with two attached hydrogens (primary N) is 1. The summed E-state index contributed by atoms with van der Waals surface area (Å²) in [4.78, 5) is 23.4. The first-order valence-corrected chi connectivity index (χ1v) is 8.53. The van der Waals surface area contributed by atoms with E-state index in [0.717, 1.165) is 0 Å². The molecule has 126 valence electrons. The number of hydrogen-bond acceptors (Lipinski definition) is 5. The summed E-state index contributed by atoms with van der Waals surface area (Å²) in [6.45, 7) is -0.498. The molecule has 2 aromatic rings. The molecular weight excluding hydrogens is 356 g/mol. The first kappa shape index (κ1) is 17.9. The van der Waals surface area contributed by atoms with Crippen LogP contribution in [0, 0.1) is 0 Å². The summed E-state index contributed by atoms with van der Waals surface area (Å²) in [7, 11) is -3.84. The molecule has 0 bridgehead atoms. The van der Waals surface area contributed by atoms with Crippen molar-refractivity contribution in [2.75, 3.05) is 11.9 Å². The van der Waals surface area contributed by atoms with Gasteiger partial charge in [0.05, 0.1) is 10.5 Å². The topological polar surface area (TPSA) is 116 Å². The molecule has 3 N–H and O–H groups in total. The maximum absolute atomic E-state index is 11.8. The Morgan fingerprint density at radius 1 is 1.12 bits per heavy atom. The number of primary sulfonamides is 1. The zero-order valence-electron chi connectivity index (χ0n) is 12.2. The van der Waals surface area contributed by atoms with Crippen molar-refractivity contribution in [3.8, 4) is 0 Å². The van der Waals surface area contributed by atoms with Gasteiger partial charge in [-0.15, -0.1) is 0 Å². The molecule has 0 aromatic heterocycles. The summed E-state index contributed by atoms with van der Waals surface area (Å²) in [6.07, 6.45) is 0. The van der Waals surface area contributed by atoms with E-state index >= 15 is 0 Å². The number of benzene rings is 2. The molecule has 0 aliphatic carbocycles. The van der Waals surface area contributed by atoms with Crippen molar-refractivity contribution in [1.82, 2.24) is 0 Å². The van der Waals surface area contributed by atoms with Crippen LogP contribution in [0.3, 0.4) is 0 Å². The highest BCUT2D eigenvalue weighted by Crippen LogP contribution is 2.15. The molecule has 9 heteroatoms. The van der Waals surface area contributed by atoms with Gasteiger partial charge in [0, 0.05) is 10.7 Å². The van der Waals surface area contributed by atoms with Gasteiger partial charge in [0.25, 0.3) is 5.91 Å². The average molecular weight is 369 g/mol. The minimum atomic E-state index is -3.84. The second-order valence-electron chi connectivity index (χ2n) is 4.70. The Bertz CT molecular complexity index is 866. The largest absolute Gasteiger partial charge is 0.452 e. The number of anilines is 1. The highest BCUT2D eigenvalue weighted by atomic mass is 35.5. The van der Waals surface area contributed by atoms with Gasteiger partial charge in [-0.25, -0.2) is 18.4 Å². The number of ether oxygens (including phenoxy) is 1. The van der Waals surface area contributed by atoms with Crippen molar-refractivity contribution in [3.63, 3.8) is 0 Å². The third kappa shape index (κ3) is 5.05. The van der Waals surface area contributed by atoms with E-state index in [0.29, 0.717) is 10.7 Å². The van der Waals surface area contributed by atoms with Gasteiger partial charge in [-0.1, -0.05) is 17.7 Å². The number of esters is 1.